The van der Waals surface area contributed by atoms with Crippen molar-refractivity contribution >= 4 is 34.5 Å². The smallest absolute Gasteiger partial charge is 0.230 e. The molecule has 2 aromatic carbocycles. The van der Waals surface area contributed by atoms with Gasteiger partial charge in [-0.15, -0.1) is 11.3 Å². The second-order valence-electron chi connectivity index (χ2n) is 5.93. The predicted octanol–water partition coefficient (Wildman–Crippen LogP) is 4.97. The molecule has 1 heterocycles. The molecule has 0 fully saturated rings. The number of hydrogen-bond acceptors (Lipinski definition) is 5. The van der Waals surface area contributed by atoms with Crippen molar-refractivity contribution in [3.05, 3.63) is 58.1 Å². The summed E-state index contributed by atoms with van der Waals surface area (Å²) in [7, 11) is 3.06. The van der Waals surface area contributed by atoms with E-state index in [-0.39, 0.29) is 12.3 Å². The average molecular weight is 403 g/mol. The van der Waals surface area contributed by atoms with Crippen molar-refractivity contribution in [2.45, 2.75) is 13.3 Å². The molecular formula is C20H19ClN2O3S. The Kier molecular flexibility index (Phi) is 5.98. The number of aromatic nitrogens is 1. The van der Waals surface area contributed by atoms with Gasteiger partial charge in [-0.3, -0.25) is 4.79 Å². The lowest BCUT2D eigenvalue weighted by molar-refractivity contribution is -0.115. The van der Waals surface area contributed by atoms with Gasteiger partial charge in [-0.05, 0) is 13.0 Å². The minimum Gasteiger partial charge on any atom is -0.493 e. The summed E-state index contributed by atoms with van der Waals surface area (Å²) in [6, 6.07) is 11.4. The SMILES string of the molecule is COc1cc(Cl)c(NC(=O)Cc2csc(-c3cccc(C)c3)n2)cc1OC. The third-order valence-corrected chi connectivity index (χ3v) is 5.16. The highest BCUT2D eigenvalue weighted by Gasteiger charge is 2.14. The highest BCUT2D eigenvalue weighted by molar-refractivity contribution is 7.13. The van der Waals surface area contributed by atoms with E-state index in [4.69, 9.17) is 21.1 Å². The third kappa shape index (κ3) is 4.59. The van der Waals surface area contributed by atoms with Crippen LogP contribution in [0.15, 0.2) is 41.8 Å². The lowest BCUT2D eigenvalue weighted by atomic mass is 10.1. The van der Waals surface area contributed by atoms with E-state index in [0.29, 0.717) is 27.9 Å². The van der Waals surface area contributed by atoms with Crippen molar-refractivity contribution < 1.29 is 14.3 Å². The fourth-order valence-corrected chi connectivity index (χ4v) is 3.63. The van der Waals surface area contributed by atoms with Crippen LogP contribution in [-0.2, 0) is 11.2 Å². The maximum atomic E-state index is 12.4. The van der Waals surface area contributed by atoms with Crippen molar-refractivity contribution in [2.75, 3.05) is 19.5 Å². The van der Waals surface area contributed by atoms with Crippen molar-refractivity contribution in [1.29, 1.82) is 0 Å². The molecule has 0 aliphatic heterocycles. The molecule has 3 aromatic rings. The first-order valence-corrected chi connectivity index (χ1v) is 9.48. The fourth-order valence-electron chi connectivity index (χ4n) is 2.61. The largest absolute Gasteiger partial charge is 0.493 e. The molecule has 0 atom stereocenters. The maximum absolute atomic E-state index is 12.4. The van der Waals surface area contributed by atoms with Gasteiger partial charge in [0.25, 0.3) is 0 Å². The lowest BCUT2D eigenvalue weighted by Crippen LogP contribution is -2.15. The van der Waals surface area contributed by atoms with Gasteiger partial charge >= 0.3 is 0 Å². The number of nitrogens with zero attached hydrogens (tertiary/aromatic N) is 1. The van der Waals surface area contributed by atoms with Gasteiger partial charge in [-0.25, -0.2) is 4.98 Å². The normalized spacial score (nSPS) is 10.5. The summed E-state index contributed by atoms with van der Waals surface area (Å²) in [5.41, 5.74) is 3.40. The summed E-state index contributed by atoms with van der Waals surface area (Å²) < 4.78 is 10.4. The quantitative estimate of drug-likeness (QED) is 0.632. The molecule has 1 amide bonds. The predicted molar refractivity (Wildman–Crippen MR) is 109 cm³/mol. The second-order valence-corrected chi connectivity index (χ2v) is 7.19. The second kappa shape index (κ2) is 8.41. The van der Waals surface area contributed by atoms with E-state index in [1.54, 1.807) is 12.1 Å². The first-order chi connectivity index (χ1) is 13.0. The Hall–Kier alpha value is -2.57. The van der Waals surface area contributed by atoms with Crippen molar-refractivity contribution in [1.82, 2.24) is 4.98 Å². The highest BCUT2D eigenvalue weighted by atomic mass is 35.5. The average Bonchev–Trinajstić information content (AvgIpc) is 3.11. The van der Waals surface area contributed by atoms with Gasteiger partial charge in [-0.1, -0.05) is 35.4 Å². The topological polar surface area (TPSA) is 60.5 Å². The molecule has 1 N–H and O–H groups in total. The van der Waals surface area contributed by atoms with Gasteiger partial charge in [0.1, 0.15) is 5.01 Å². The number of methoxy groups -OCH3 is 2. The molecule has 140 valence electrons. The summed E-state index contributed by atoms with van der Waals surface area (Å²) in [4.78, 5) is 17.0. The van der Waals surface area contributed by atoms with E-state index in [1.807, 2.05) is 30.5 Å². The van der Waals surface area contributed by atoms with Crippen LogP contribution >= 0.6 is 22.9 Å². The standard InChI is InChI=1S/C20H19ClN2O3S/c1-12-5-4-6-13(7-12)20-22-14(11-27-20)8-19(24)23-16-10-18(26-3)17(25-2)9-15(16)21/h4-7,9-11H,8H2,1-3H3,(H,23,24). The van der Waals surface area contributed by atoms with E-state index in [1.165, 1.54) is 31.1 Å². The van der Waals surface area contributed by atoms with Crippen LogP contribution in [0.25, 0.3) is 10.6 Å². The molecule has 0 bridgehead atoms. The molecule has 1 aromatic heterocycles. The van der Waals surface area contributed by atoms with Gasteiger partial charge in [0.2, 0.25) is 5.91 Å². The highest BCUT2D eigenvalue weighted by Crippen LogP contribution is 2.36. The number of aryl methyl sites for hydroxylation is 1. The molecule has 0 saturated carbocycles. The molecule has 0 spiro atoms. The van der Waals surface area contributed by atoms with E-state index in [9.17, 15) is 4.79 Å². The Morgan fingerprint density at radius 2 is 1.93 bits per heavy atom. The molecule has 5 nitrogen and oxygen atoms in total. The minimum atomic E-state index is -0.204. The molecule has 0 aliphatic rings. The molecule has 0 unspecified atom stereocenters. The molecule has 0 saturated heterocycles. The number of amides is 1. The van der Waals surface area contributed by atoms with Crippen LogP contribution in [0.2, 0.25) is 5.02 Å². The van der Waals surface area contributed by atoms with Gasteiger partial charge < -0.3 is 14.8 Å². The van der Waals surface area contributed by atoms with Gasteiger partial charge in [-0.2, -0.15) is 0 Å². The lowest BCUT2D eigenvalue weighted by Gasteiger charge is -2.12. The third-order valence-electron chi connectivity index (χ3n) is 3.91. The Labute approximate surface area is 166 Å². The van der Waals surface area contributed by atoms with Crippen LogP contribution in [0.5, 0.6) is 11.5 Å². The van der Waals surface area contributed by atoms with Gasteiger partial charge in [0.15, 0.2) is 11.5 Å². The molecule has 0 radical (unpaired) electrons. The Morgan fingerprint density at radius 1 is 1.19 bits per heavy atom. The first-order valence-electron chi connectivity index (χ1n) is 8.23. The molecule has 27 heavy (non-hydrogen) atoms. The van der Waals surface area contributed by atoms with Crippen molar-refractivity contribution in [2.24, 2.45) is 0 Å². The number of ether oxygens (including phenoxy) is 2. The van der Waals surface area contributed by atoms with Gasteiger partial charge in [0.05, 0.1) is 37.0 Å². The molecular weight excluding hydrogens is 384 g/mol. The Balaban J connectivity index is 1.72. The van der Waals surface area contributed by atoms with E-state index in [2.05, 4.69) is 16.4 Å². The summed E-state index contributed by atoms with van der Waals surface area (Å²) >= 11 is 7.74. The van der Waals surface area contributed by atoms with E-state index < -0.39 is 0 Å². The number of thiazole rings is 1. The first kappa shape index (κ1) is 19.2. The van der Waals surface area contributed by atoms with Crippen LogP contribution in [0.1, 0.15) is 11.3 Å². The van der Waals surface area contributed by atoms with Crippen LogP contribution in [0.4, 0.5) is 5.69 Å². The number of halogens is 1. The number of carbonyl (C=O) groups is 1. The maximum Gasteiger partial charge on any atom is 0.230 e. The number of rotatable bonds is 6. The van der Waals surface area contributed by atoms with Crippen LogP contribution in [-0.4, -0.2) is 25.1 Å². The van der Waals surface area contributed by atoms with Crippen LogP contribution in [0.3, 0.4) is 0 Å². The number of anilines is 1. The van der Waals surface area contributed by atoms with E-state index in [0.717, 1.165) is 10.6 Å². The van der Waals surface area contributed by atoms with Crippen LogP contribution < -0.4 is 14.8 Å². The summed E-state index contributed by atoms with van der Waals surface area (Å²) in [5.74, 6) is 0.792. The Bertz CT molecular complexity index is 972. The van der Waals surface area contributed by atoms with Crippen LogP contribution in [0, 0.1) is 6.92 Å². The summed E-state index contributed by atoms with van der Waals surface area (Å²) in [6.07, 6.45) is 0.160. The monoisotopic (exact) mass is 402 g/mol. The van der Waals surface area contributed by atoms with Gasteiger partial charge in [0, 0.05) is 23.1 Å². The molecule has 3 rings (SSSR count). The van der Waals surface area contributed by atoms with Crippen molar-refractivity contribution in [3.8, 4) is 22.1 Å². The minimum absolute atomic E-state index is 0.160. The molecule has 0 aliphatic carbocycles. The summed E-state index contributed by atoms with van der Waals surface area (Å²) in [5, 5.41) is 5.97. The zero-order valence-electron chi connectivity index (χ0n) is 15.2. The number of nitrogens with one attached hydrogen (secondary N) is 1. The number of benzene rings is 2. The summed E-state index contributed by atoms with van der Waals surface area (Å²) in [6.45, 7) is 2.04. The van der Waals surface area contributed by atoms with E-state index >= 15 is 0 Å². The number of hydrogen-bond donors (Lipinski definition) is 1. The number of carbonyl (C=O) groups excluding carboxylic acids is 1. The zero-order chi connectivity index (χ0) is 19.4. The van der Waals surface area contributed by atoms with Crippen molar-refractivity contribution in [3.63, 3.8) is 0 Å². The molecule has 7 heteroatoms. The Morgan fingerprint density at radius 3 is 2.63 bits per heavy atom. The zero-order valence-corrected chi connectivity index (χ0v) is 16.8. The fraction of sp³-hybridized carbons (Fsp3) is 0.200.